The molecule has 2 atom stereocenters. The van der Waals surface area contributed by atoms with Gasteiger partial charge < -0.3 is 4.74 Å². The van der Waals surface area contributed by atoms with Crippen molar-refractivity contribution >= 4 is 6.21 Å². The van der Waals surface area contributed by atoms with E-state index in [4.69, 9.17) is 9.73 Å². The summed E-state index contributed by atoms with van der Waals surface area (Å²) in [4.78, 5) is 4.80. The Morgan fingerprint density at radius 3 is 2.38 bits per heavy atom. The number of hydrogen-bond acceptors (Lipinski definition) is 2. The van der Waals surface area contributed by atoms with E-state index in [0.29, 0.717) is 18.1 Å². The Morgan fingerprint density at radius 1 is 0.938 bits per heavy atom. The first-order valence-electron chi connectivity index (χ1n) is 6.96. The summed E-state index contributed by atoms with van der Waals surface area (Å²) in [5.74, 6) is 0.584. The van der Waals surface area contributed by atoms with E-state index in [0.717, 1.165) is 0 Å². The van der Waals surface area contributed by atoms with Crippen LogP contribution in [0.25, 0.3) is 0 Å². The van der Waals surface area contributed by atoms with E-state index in [1.54, 1.807) is 0 Å². The Hall–Kier alpha value is -0.370. The molecule has 16 heavy (non-hydrogen) atoms. The van der Waals surface area contributed by atoms with Gasteiger partial charge in [0.2, 0.25) is 0 Å². The first kappa shape index (κ1) is 12.1. The van der Waals surface area contributed by atoms with Crippen molar-refractivity contribution in [3.05, 3.63) is 0 Å². The molecule has 0 spiro atoms. The largest absolute Gasteiger partial charge is 0.381 e. The summed E-state index contributed by atoms with van der Waals surface area (Å²) in [7, 11) is 1.84. The van der Waals surface area contributed by atoms with Gasteiger partial charge in [0, 0.05) is 25.3 Å². The van der Waals surface area contributed by atoms with Crippen molar-refractivity contribution in [2.75, 3.05) is 7.11 Å². The lowest BCUT2D eigenvalue weighted by atomic mass is 9.87. The molecule has 0 radical (unpaired) electrons. The van der Waals surface area contributed by atoms with Crippen LogP contribution in [0.15, 0.2) is 4.99 Å². The topological polar surface area (TPSA) is 21.6 Å². The highest BCUT2D eigenvalue weighted by atomic mass is 16.5. The summed E-state index contributed by atoms with van der Waals surface area (Å²) in [5, 5.41) is 0. The lowest BCUT2D eigenvalue weighted by Gasteiger charge is -2.28. The van der Waals surface area contributed by atoms with Gasteiger partial charge in [-0.3, -0.25) is 4.99 Å². The van der Waals surface area contributed by atoms with Crippen molar-refractivity contribution in [3.8, 4) is 0 Å². The number of methoxy groups -OCH3 is 1. The highest BCUT2D eigenvalue weighted by Gasteiger charge is 2.23. The standard InChI is InChI=1S/C14H25NO/c1-16-14-10-6-5-7-12(14)11-15-13-8-3-2-4-9-13/h11-14H,2-10H2,1H3. The van der Waals surface area contributed by atoms with Gasteiger partial charge in [0.25, 0.3) is 0 Å². The highest BCUT2D eigenvalue weighted by Crippen LogP contribution is 2.26. The fourth-order valence-electron chi connectivity index (χ4n) is 3.05. The van der Waals surface area contributed by atoms with Crippen LogP contribution in [0.3, 0.4) is 0 Å². The summed E-state index contributed by atoms with van der Waals surface area (Å²) in [6.45, 7) is 0. The minimum Gasteiger partial charge on any atom is -0.381 e. The van der Waals surface area contributed by atoms with E-state index in [2.05, 4.69) is 6.21 Å². The molecule has 2 aliphatic rings. The lowest BCUT2D eigenvalue weighted by Crippen LogP contribution is -2.28. The van der Waals surface area contributed by atoms with Gasteiger partial charge in [-0.05, 0) is 25.7 Å². The second-order valence-electron chi connectivity index (χ2n) is 5.31. The number of rotatable bonds is 3. The molecule has 2 nitrogen and oxygen atoms in total. The summed E-state index contributed by atoms with van der Waals surface area (Å²) in [5.41, 5.74) is 0. The molecule has 0 aromatic heterocycles. The number of ether oxygens (including phenoxy) is 1. The zero-order valence-electron chi connectivity index (χ0n) is 10.5. The maximum absolute atomic E-state index is 5.55. The summed E-state index contributed by atoms with van der Waals surface area (Å²) in [6.07, 6.45) is 14.6. The normalized spacial score (nSPS) is 33.3. The van der Waals surface area contributed by atoms with Crippen LogP contribution in [-0.2, 0) is 4.74 Å². The van der Waals surface area contributed by atoms with Crippen LogP contribution in [-0.4, -0.2) is 25.5 Å². The van der Waals surface area contributed by atoms with Crippen LogP contribution in [0.2, 0.25) is 0 Å². The third-order valence-electron chi connectivity index (χ3n) is 4.12. The molecule has 2 unspecified atom stereocenters. The molecule has 2 fully saturated rings. The minimum absolute atomic E-state index is 0.432. The lowest BCUT2D eigenvalue weighted by molar-refractivity contribution is 0.0496. The van der Waals surface area contributed by atoms with E-state index in [1.165, 1.54) is 57.8 Å². The second-order valence-corrected chi connectivity index (χ2v) is 5.31. The number of nitrogens with zero attached hydrogens (tertiary/aromatic N) is 1. The average molecular weight is 223 g/mol. The first-order valence-corrected chi connectivity index (χ1v) is 6.96. The smallest absolute Gasteiger partial charge is 0.0648 e. The Kier molecular flexibility index (Phi) is 4.83. The zero-order chi connectivity index (χ0) is 11.2. The van der Waals surface area contributed by atoms with E-state index in [-0.39, 0.29) is 0 Å². The molecule has 0 heterocycles. The monoisotopic (exact) mass is 223 g/mol. The van der Waals surface area contributed by atoms with Crippen molar-refractivity contribution in [1.82, 2.24) is 0 Å². The van der Waals surface area contributed by atoms with Crippen LogP contribution in [0, 0.1) is 5.92 Å². The summed E-state index contributed by atoms with van der Waals surface area (Å²) < 4.78 is 5.55. The molecule has 2 aliphatic carbocycles. The summed E-state index contributed by atoms with van der Waals surface area (Å²) >= 11 is 0. The minimum atomic E-state index is 0.432. The van der Waals surface area contributed by atoms with E-state index >= 15 is 0 Å². The van der Waals surface area contributed by atoms with Crippen molar-refractivity contribution in [1.29, 1.82) is 0 Å². The predicted octanol–water partition coefficient (Wildman–Crippen LogP) is 3.60. The van der Waals surface area contributed by atoms with Crippen LogP contribution < -0.4 is 0 Å². The van der Waals surface area contributed by atoms with Gasteiger partial charge in [-0.25, -0.2) is 0 Å². The molecular formula is C14H25NO. The summed E-state index contributed by atoms with van der Waals surface area (Å²) in [6, 6.07) is 0.619. The molecule has 0 amide bonds. The van der Waals surface area contributed by atoms with Gasteiger partial charge in [0.15, 0.2) is 0 Å². The fraction of sp³-hybridized carbons (Fsp3) is 0.929. The highest BCUT2D eigenvalue weighted by molar-refractivity contribution is 5.62. The molecule has 0 N–H and O–H groups in total. The van der Waals surface area contributed by atoms with Crippen molar-refractivity contribution < 1.29 is 4.74 Å². The molecule has 2 rings (SSSR count). The quantitative estimate of drug-likeness (QED) is 0.670. The van der Waals surface area contributed by atoms with E-state index < -0.39 is 0 Å². The van der Waals surface area contributed by atoms with E-state index in [9.17, 15) is 0 Å². The van der Waals surface area contributed by atoms with Crippen LogP contribution in [0.4, 0.5) is 0 Å². The molecule has 0 aromatic rings. The van der Waals surface area contributed by atoms with Crippen LogP contribution in [0.5, 0.6) is 0 Å². The van der Waals surface area contributed by atoms with Gasteiger partial charge >= 0.3 is 0 Å². The van der Waals surface area contributed by atoms with Gasteiger partial charge in [-0.1, -0.05) is 32.1 Å². The molecule has 0 aromatic carbocycles. The fourth-order valence-corrected chi connectivity index (χ4v) is 3.05. The third-order valence-corrected chi connectivity index (χ3v) is 4.12. The molecular weight excluding hydrogens is 198 g/mol. The Labute approximate surface area is 99.5 Å². The molecule has 2 saturated carbocycles. The molecule has 0 saturated heterocycles. The van der Waals surface area contributed by atoms with Crippen molar-refractivity contribution in [2.45, 2.75) is 69.9 Å². The van der Waals surface area contributed by atoms with Gasteiger partial charge in [0.1, 0.15) is 0 Å². The molecule has 0 aliphatic heterocycles. The Bertz CT molecular complexity index is 221. The van der Waals surface area contributed by atoms with Gasteiger partial charge in [0.05, 0.1) is 6.10 Å². The van der Waals surface area contributed by atoms with Crippen molar-refractivity contribution in [3.63, 3.8) is 0 Å². The third kappa shape index (κ3) is 3.31. The first-order chi connectivity index (χ1) is 7.90. The second kappa shape index (κ2) is 6.39. The van der Waals surface area contributed by atoms with Crippen LogP contribution in [0.1, 0.15) is 57.8 Å². The zero-order valence-corrected chi connectivity index (χ0v) is 10.5. The Morgan fingerprint density at radius 2 is 1.62 bits per heavy atom. The molecule has 0 bridgehead atoms. The maximum atomic E-state index is 5.55. The van der Waals surface area contributed by atoms with E-state index in [1.807, 2.05) is 7.11 Å². The number of aliphatic imine (C=N–C) groups is 1. The molecule has 2 heteroatoms. The molecule has 92 valence electrons. The van der Waals surface area contributed by atoms with Gasteiger partial charge in [-0.2, -0.15) is 0 Å². The average Bonchev–Trinajstić information content (AvgIpc) is 2.38. The SMILES string of the molecule is COC1CCCCC1C=NC1CCCCC1. The maximum Gasteiger partial charge on any atom is 0.0648 e. The van der Waals surface area contributed by atoms with Crippen LogP contribution >= 0.6 is 0 Å². The predicted molar refractivity (Wildman–Crippen MR) is 68.1 cm³/mol. The number of hydrogen-bond donors (Lipinski definition) is 0. The Balaban J connectivity index is 1.83. The van der Waals surface area contributed by atoms with Crippen molar-refractivity contribution in [2.24, 2.45) is 10.9 Å². The van der Waals surface area contributed by atoms with Gasteiger partial charge in [-0.15, -0.1) is 0 Å².